The van der Waals surface area contributed by atoms with Crippen LogP contribution >= 0.6 is 0 Å². The second kappa shape index (κ2) is 6.89. The number of hydrogen-bond acceptors (Lipinski definition) is 2. The summed E-state index contributed by atoms with van der Waals surface area (Å²) < 4.78 is 4.85. The fourth-order valence-corrected chi connectivity index (χ4v) is 0.762. The van der Waals surface area contributed by atoms with E-state index in [0.717, 1.165) is 24.8 Å². The summed E-state index contributed by atoms with van der Waals surface area (Å²) in [6.45, 7) is 5.92. The maximum atomic E-state index is 11.0. The van der Waals surface area contributed by atoms with Gasteiger partial charge in [-0.05, 0) is 25.8 Å². The lowest BCUT2D eigenvalue weighted by Gasteiger charge is -1.98. The van der Waals surface area contributed by atoms with Crippen molar-refractivity contribution in [1.82, 2.24) is 0 Å². The van der Waals surface area contributed by atoms with Crippen molar-refractivity contribution in [1.29, 1.82) is 0 Å². The zero-order chi connectivity index (χ0) is 9.40. The molecule has 0 aromatic rings. The molecule has 0 heterocycles. The molecule has 0 N–H and O–H groups in total. The van der Waals surface area contributed by atoms with E-state index in [1.54, 1.807) is 0 Å². The van der Waals surface area contributed by atoms with Crippen LogP contribution in [0.25, 0.3) is 0 Å². The van der Waals surface area contributed by atoms with Crippen LogP contribution in [0.4, 0.5) is 0 Å². The highest BCUT2D eigenvalue weighted by Gasteiger charge is 1.99. The molecule has 0 aromatic carbocycles. The van der Waals surface area contributed by atoms with E-state index in [4.69, 9.17) is 4.74 Å². The first kappa shape index (κ1) is 11.2. The molecule has 2 nitrogen and oxygen atoms in total. The molecular weight excluding hydrogens is 152 g/mol. The third kappa shape index (κ3) is 7.32. The third-order valence-corrected chi connectivity index (χ3v) is 1.41. The molecule has 0 rings (SSSR count). The van der Waals surface area contributed by atoms with Gasteiger partial charge in [0, 0.05) is 6.42 Å². The largest absolute Gasteiger partial charge is 0.435 e. The van der Waals surface area contributed by atoms with Crippen LogP contribution in [0.1, 0.15) is 46.5 Å². The van der Waals surface area contributed by atoms with Crippen LogP contribution in [-0.4, -0.2) is 5.97 Å². The first-order chi connectivity index (χ1) is 5.66. The quantitative estimate of drug-likeness (QED) is 0.360. The van der Waals surface area contributed by atoms with Crippen molar-refractivity contribution in [3.8, 4) is 0 Å². The average molecular weight is 170 g/mol. The number of rotatable bonds is 5. The molecule has 12 heavy (non-hydrogen) atoms. The maximum absolute atomic E-state index is 11.0. The van der Waals surface area contributed by atoms with E-state index in [1.807, 2.05) is 13.8 Å². The van der Waals surface area contributed by atoms with Crippen molar-refractivity contribution >= 4 is 5.97 Å². The van der Waals surface area contributed by atoms with Gasteiger partial charge in [-0.1, -0.05) is 19.8 Å². The van der Waals surface area contributed by atoms with Crippen LogP contribution in [0.3, 0.4) is 0 Å². The number of carbonyl (C=O) groups excluding carboxylic acids is 1. The van der Waals surface area contributed by atoms with Crippen LogP contribution in [0.15, 0.2) is 11.8 Å². The van der Waals surface area contributed by atoms with E-state index in [9.17, 15) is 4.79 Å². The Kier molecular flexibility index (Phi) is 6.44. The third-order valence-electron chi connectivity index (χ3n) is 1.41. The molecule has 0 aliphatic carbocycles. The smallest absolute Gasteiger partial charge is 0.310 e. The average Bonchev–Trinajstić information content (AvgIpc) is 2.01. The van der Waals surface area contributed by atoms with Gasteiger partial charge in [-0.15, -0.1) is 0 Å². The number of esters is 1. The van der Waals surface area contributed by atoms with Crippen LogP contribution < -0.4 is 0 Å². The highest BCUT2D eigenvalue weighted by molar-refractivity contribution is 5.69. The van der Waals surface area contributed by atoms with Crippen molar-refractivity contribution in [3.63, 3.8) is 0 Å². The molecule has 0 bridgehead atoms. The van der Waals surface area contributed by atoms with E-state index in [-0.39, 0.29) is 5.97 Å². The lowest BCUT2D eigenvalue weighted by atomic mass is 10.2. The summed E-state index contributed by atoms with van der Waals surface area (Å²) >= 11 is 0. The second-order valence-electron chi connectivity index (χ2n) is 3.14. The molecule has 0 spiro atoms. The monoisotopic (exact) mass is 170 g/mol. The molecular formula is C10H18O2. The van der Waals surface area contributed by atoms with Gasteiger partial charge in [0.25, 0.3) is 0 Å². The van der Waals surface area contributed by atoms with E-state index >= 15 is 0 Å². The van der Waals surface area contributed by atoms with Gasteiger partial charge in [0.05, 0.1) is 6.26 Å². The normalized spacial score (nSPS) is 9.25. The summed E-state index contributed by atoms with van der Waals surface area (Å²) in [6, 6.07) is 0. The maximum Gasteiger partial charge on any atom is 0.310 e. The Balaban J connectivity index is 3.41. The summed E-state index contributed by atoms with van der Waals surface area (Å²) in [6.07, 6.45) is 5.22. The fourth-order valence-electron chi connectivity index (χ4n) is 0.762. The van der Waals surface area contributed by atoms with Crippen LogP contribution in [0.5, 0.6) is 0 Å². The van der Waals surface area contributed by atoms with Crippen LogP contribution in [-0.2, 0) is 9.53 Å². The number of carbonyl (C=O) groups is 1. The molecule has 70 valence electrons. The lowest BCUT2D eigenvalue weighted by molar-refractivity contribution is -0.138. The van der Waals surface area contributed by atoms with E-state index in [2.05, 4.69) is 6.92 Å². The van der Waals surface area contributed by atoms with E-state index in [0.29, 0.717) is 6.42 Å². The Hall–Kier alpha value is -0.790. The van der Waals surface area contributed by atoms with E-state index in [1.165, 1.54) is 6.26 Å². The first-order valence-corrected chi connectivity index (χ1v) is 4.49. The standard InChI is InChI=1S/C10H18O2/c1-4-5-6-7-10(11)12-8-9(2)3/h8H,4-7H2,1-3H3. The Labute approximate surface area is 74.6 Å². The number of hydrogen-bond donors (Lipinski definition) is 0. The van der Waals surface area contributed by atoms with Crippen molar-refractivity contribution in [2.75, 3.05) is 0 Å². The lowest BCUT2D eigenvalue weighted by Crippen LogP contribution is -1.99. The highest BCUT2D eigenvalue weighted by atomic mass is 16.5. The molecule has 2 heteroatoms. The van der Waals surface area contributed by atoms with Crippen molar-refractivity contribution in [3.05, 3.63) is 11.8 Å². The molecule has 0 unspecified atom stereocenters. The first-order valence-electron chi connectivity index (χ1n) is 4.49. The van der Waals surface area contributed by atoms with Gasteiger partial charge in [-0.2, -0.15) is 0 Å². The molecule has 0 aliphatic heterocycles. The number of unbranched alkanes of at least 4 members (excludes halogenated alkanes) is 2. The predicted molar refractivity (Wildman–Crippen MR) is 49.7 cm³/mol. The second-order valence-corrected chi connectivity index (χ2v) is 3.14. The fraction of sp³-hybridized carbons (Fsp3) is 0.700. The van der Waals surface area contributed by atoms with Gasteiger partial charge in [0.15, 0.2) is 0 Å². The topological polar surface area (TPSA) is 26.3 Å². The van der Waals surface area contributed by atoms with Crippen molar-refractivity contribution in [2.45, 2.75) is 46.5 Å². The Morgan fingerprint density at radius 3 is 2.50 bits per heavy atom. The molecule has 0 aliphatic rings. The predicted octanol–water partition coefficient (Wildman–Crippen LogP) is 3.03. The molecule has 0 radical (unpaired) electrons. The van der Waals surface area contributed by atoms with Gasteiger partial charge in [-0.3, -0.25) is 4.79 Å². The minimum Gasteiger partial charge on any atom is -0.435 e. The van der Waals surface area contributed by atoms with Gasteiger partial charge in [-0.25, -0.2) is 0 Å². The number of allylic oxidation sites excluding steroid dienone is 1. The van der Waals surface area contributed by atoms with Crippen LogP contribution in [0.2, 0.25) is 0 Å². The van der Waals surface area contributed by atoms with Gasteiger partial charge in [0.1, 0.15) is 0 Å². The number of ether oxygens (including phenoxy) is 1. The summed E-state index contributed by atoms with van der Waals surface area (Å²) in [5.41, 5.74) is 1.01. The molecule has 0 amide bonds. The minimum atomic E-state index is -0.121. The minimum absolute atomic E-state index is 0.121. The van der Waals surface area contributed by atoms with Gasteiger partial charge < -0.3 is 4.74 Å². The summed E-state index contributed by atoms with van der Waals surface area (Å²) in [4.78, 5) is 11.0. The summed E-state index contributed by atoms with van der Waals surface area (Å²) in [7, 11) is 0. The van der Waals surface area contributed by atoms with Crippen molar-refractivity contribution in [2.24, 2.45) is 0 Å². The molecule has 0 saturated carbocycles. The zero-order valence-corrected chi connectivity index (χ0v) is 8.22. The SMILES string of the molecule is CCCCCC(=O)OC=C(C)C. The Morgan fingerprint density at radius 2 is 2.00 bits per heavy atom. The highest BCUT2D eigenvalue weighted by Crippen LogP contribution is 2.01. The van der Waals surface area contributed by atoms with Gasteiger partial charge in [0.2, 0.25) is 0 Å². The van der Waals surface area contributed by atoms with Gasteiger partial charge >= 0.3 is 5.97 Å². The molecule has 0 fully saturated rings. The Bertz CT molecular complexity index is 155. The summed E-state index contributed by atoms with van der Waals surface area (Å²) in [5, 5.41) is 0. The van der Waals surface area contributed by atoms with E-state index < -0.39 is 0 Å². The molecule has 0 saturated heterocycles. The molecule has 0 aromatic heterocycles. The Morgan fingerprint density at radius 1 is 1.33 bits per heavy atom. The zero-order valence-electron chi connectivity index (χ0n) is 8.22. The summed E-state index contributed by atoms with van der Waals surface area (Å²) in [5.74, 6) is -0.121. The van der Waals surface area contributed by atoms with Crippen LogP contribution in [0, 0.1) is 0 Å². The van der Waals surface area contributed by atoms with Crippen molar-refractivity contribution < 1.29 is 9.53 Å². The molecule has 0 atom stereocenters.